The van der Waals surface area contributed by atoms with Crippen LogP contribution in [0.4, 0.5) is 0 Å². The average Bonchev–Trinajstić information content (AvgIpc) is 3.03. The monoisotopic (exact) mass is 567 g/mol. The molecule has 1 unspecified atom stereocenters. The van der Waals surface area contributed by atoms with Crippen LogP contribution in [0.5, 0.6) is 0 Å². The molecule has 1 aliphatic rings. The van der Waals surface area contributed by atoms with E-state index in [4.69, 9.17) is 21.0 Å². The van der Waals surface area contributed by atoms with Gasteiger partial charge in [-0.1, -0.05) is 96.9 Å². The molecule has 40 heavy (non-hydrogen) atoms. The number of aliphatic hydroxyl groups excluding tert-OH is 1. The number of benzene rings is 1. The van der Waals surface area contributed by atoms with Gasteiger partial charge < -0.3 is 32.0 Å². The van der Waals surface area contributed by atoms with Crippen LogP contribution in [-0.4, -0.2) is 56.6 Å². The van der Waals surface area contributed by atoms with Crippen LogP contribution in [0.3, 0.4) is 0 Å². The highest BCUT2D eigenvalue weighted by atomic mass is 16.5. The van der Waals surface area contributed by atoms with Gasteiger partial charge in [0.15, 0.2) is 0 Å². The average molecular weight is 567 g/mol. The molecule has 1 atom stereocenters. The molecule has 236 valence electrons. The Balaban J connectivity index is -0.000000259. The Morgan fingerprint density at radius 1 is 1.05 bits per heavy atom. The summed E-state index contributed by atoms with van der Waals surface area (Å²) < 4.78 is 5.14. The molecule has 0 heterocycles. The molecule has 7 nitrogen and oxygen atoms in total. The van der Waals surface area contributed by atoms with E-state index < -0.39 is 5.54 Å². The van der Waals surface area contributed by atoms with Gasteiger partial charge in [-0.25, -0.2) is 0 Å². The van der Waals surface area contributed by atoms with Gasteiger partial charge in [0.2, 0.25) is 0 Å². The number of aryl methyl sites for hydroxylation is 1. The van der Waals surface area contributed by atoms with Gasteiger partial charge in [-0.05, 0) is 57.0 Å². The van der Waals surface area contributed by atoms with Crippen LogP contribution in [0.1, 0.15) is 104 Å². The molecule has 0 bridgehead atoms. The number of ketones is 1. The first kappa shape index (κ1) is 45.1. The normalized spacial score (nSPS) is 13.4. The summed E-state index contributed by atoms with van der Waals surface area (Å²) in [7, 11) is 1.50. The molecule has 1 aromatic rings. The minimum Gasteiger partial charge on any atom is -0.394 e. The molecule has 1 aliphatic carbocycles. The lowest BCUT2D eigenvalue weighted by Crippen LogP contribution is -2.48. The fourth-order valence-electron chi connectivity index (χ4n) is 4.26. The first-order valence-electron chi connectivity index (χ1n) is 15.1. The molecule has 7 N–H and O–H groups in total. The zero-order chi connectivity index (χ0) is 31.7. The summed E-state index contributed by atoms with van der Waals surface area (Å²) >= 11 is 0. The summed E-state index contributed by atoms with van der Waals surface area (Å²) in [5, 5.41) is 17.3. The largest absolute Gasteiger partial charge is 0.394 e. The fraction of sp³-hybridized carbons (Fsp3) is 0.697. The molecular weight excluding hydrogens is 500 g/mol. The number of hydrogen-bond acceptors (Lipinski definition) is 7. The molecule has 1 aromatic carbocycles. The summed E-state index contributed by atoms with van der Waals surface area (Å²) in [6.07, 6.45) is 11.6. The predicted octanol–water partition coefficient (Wildman–Crippen LogP) is 6.45. The highest BCUT2D eigenvalue weighted by Crippen LogP contribution is 2.32. The Hall–Kier alpha value is -1.90. The van der Waals surface area contributed by atoms with Crippen molar-refractivity contribution in [1.82, 2.24) is 5.32 Å². The molecule has 0 amide bonds. The van der Waals surface area contributed by atoms with Crippen LogP contribution in [0.25, 0.3) is 0 Å². The van der Waals surface area contributed by atoms with E-state index >= 15 is 0 Å². The number of nitrogens with one attached hydrogen (secondary N) is 2. The smallest absolute Gasteiger partial charge is 0.149 e. The number of nitrogens with two attached hydrogens (primary N) is 2. The maximum absolute atomic E-state index is 11.7. The molecule has 7 heteroatoms. The van der Waals surface area contributed by atoms with E-state index in [0.717, 1.165) is 45.2 Å². The van der Waals surface area contributed by atoms with Crippen LogP contribution in [0.15, 0.2) is 37.4 Å². The summed E-state index contributed by atoms with van der Waals surface area (Å²) in [6.45, 7) is 21.3. The number of unbranched alkanes of at least 4 members (excludes halogenated alkanes) is 1. The first-order chi connectivity index (χ1) is 19.4. The summed E-state index contributed by atoms with van der Waals surface area (Å²) in [4.78, 5) is 11.7. The minimum atomic E-state index is -0.530. The van der Waals surface area contributed by atoms with Crippen molar-refractivity contribution in [2.75, 3.05) is 33.4 Å². The third-order valence-electron chi connectivity index (χ3n) is 6.47. The van der Waals surface area contributed by atoms with E-state index in [9.17, 15) is 4.79 Å². The molecule has 1 saturated carbocycles. The highest BCUT2D eigenvalue weighted by Gasteiger charge is 2.33. The van der Waals surface area contributed by atoms with Crippen molar-refractivity contribution < 1.29 is 14.6 Å². The SMILES string of the molecule is C=C.C=N.CC.CCCCC(N)(CC1CCCCC1)C(C)=O.CCc1ccc(CNCCOCCO)cc1.CN. The van der Waals surface area contributed by atoms with Crippen molar-refractivity contribution in [2.24, 2.45) is 17.4 Å². The predicted molar refractivity (Wildman–Crippen MR) is 176 cm³/mol. The van der Waals surface area contributed by atoms with Gasteiger partial charge in [0.05, 0.1) is 25.4 Å². The van der Waals surface area contributed by atoms with Crippen LogP contribution < -0.4 is 16.8 Å². The Kier molecular flexibility index (Phi) is 39.6. The second-order valence-corrected chi connectivity index (χ2v) is 9.21. The minimum absolute atomic E-state index is 0.0957. The molecule has 0 spiro atoms. The van der Waals surface area contributed by atoms with E-state index in [0.29, 0.717) is 19.1 Å². The lowest BCUT2D eigenvalue weighted by molar-refractivity contribution is -0.123. The summed E-state index contributed by atoms with van der Waals surface area (Å²) in [6, 6.07) is 8.64. The van der Waals surface area contributed by atoms with Crippen LogP contribution in [-0.2, 0) is 22.5 Å². The van der Waals surface area contributed by atoms with Crippen LogP contribution in [0.2, 0.25) is 0 Å². The topological polar surface area (TPSA) is 134 Å². The summed E-state index contributed by atoms with van der Waals surface area (Å²) in [5.74, 6) is 0.881. The van der Waals surface area contributed by atoms with Crippen LogP contribution in [0, 0.1) is 11.3 Å². The van der Waals surface area contributed by atoms with E-state index in [2.05, 4.69) is 69.0 Å². The van der Waals surface area contributed by atoms with Crippen molar-refractivity contribution >= 4 is 12.5 Å². The molecule has 0 aromatic heterocycles. The number of carbonyl (C=O) groups is 1. The Morgan fingerprint density at radius 2 is 1.57 bits per heavy atom. The number of carbonyl (C=O) groups excluding carboxylic acids is 1. The number of rotatable bonds is 14. The Morgan fingerprint density at radius 3 is 2.02 bits per heavy atom. The first-order valence-corrected chi connectivity index (χ1v) is 15.1. The van der Waals surface area contributed by atoms with Gasteiger partial charge in [0.1, 0.15) is 5.78 Å². The molecular formula is C33H66N4O3. The van der Waals surface area contributed by atoms with E-state index in [1.54, 1.807) is 6.92 Å². The molecule has 0 saturated heterocycles. The molecule has 0 radical (unpaired) electrons. The third-order valence-corrected chi connectivity index (χ3v) is 6.47. The van der Waals surface area contributed by atoms with Gasteiger partial charge in [-0.15, -0.1) is 13.2 Å². The van der Waals surface area contributed by atoms with E-state index in [1.165, 1.54) is 50.3 Å². The summed E-state index contributed by atoms with van der Waals surface area (Å²) in [5.41, 5.74) is 12.9. The van der Waals surface area contributed by atoms with E-state index in [-0.39, 0.29) is 12.4 Å². The third kappa shape index (κ3) is 25.1. The quantitative estimate of drug-likeness (QED) is 0.0998. The lowest BCUT2D eigenvalue weighted by atomic mass is 9.76. The van der Waals surface area contributed by atoms with Crippen molar-refractivity contribution in [1.29, 1.82) is 5.41 Å². The zero-order valence-corrected chi connectivity index (χ0v) is 27.0. The standard InChI is InChI=1S/C14H27NO.C13H21NO2.C2H6.C2H4.CH5N.CH3N/c1-3-4-10-14(15,12(2)16)11-13-8-6-5-7-9-13;1-2-12-3-5-13(6-4-12)11-14-7-9-16-10-8-15;4*1-2/h13H,3-11,15H2,1-2H3;3-6,14-15H,2,7-11H2,1H3;1-2H3;1-2H2;2H2,1H3;2H,1H2. The van der Waals surface area contributed by atoms with Gasteiger partial charge >= 0.3 is 0 Å². The maximum Gasteiger partial charge on any atom is 0.149 e. The van der Waals surface area contributed by atoms with Crippen LogP contribution >= 0.6 is 0 Å². The zero-order valence-electron chi connectivity index (χ0n) is 27.0. The lowest BCUT2D eigenvalue weighted by Gasteiger charge is -2.33. The molecule has 0 aliphatic heterocycles. The fourth-order valence-corrected chi connectivity index (χ4v) is 4.26. The second-order valence-electron chi connectivity index (χ2n) is 9.21. The van der Waals surface area contributed by atoms with Gasteiger partial charge in [0.25, 0.3) is 0 Å². The van der Waals surface area contributed by atoms with Crippen molar-refractivity contribution in [2.45, 2.75) is 111 Å². The van der Waals surface area contributed by atoms with Crippen molar-refractivity contribution in [3.05, 3.63) is 48.6 Å². The van der Waals surface area contributed by atoms with Gasteiger partial charge in [-0.2, -0.15) is 0 Å². The van der Waals surface area contributed by atoms with Crippen molar-refractivity contribution in [3.63, 3.8) is 0 Å². The molecule has 1 fully saturated rings. The number of hydrogen-bond donors (Lipinski definition) is 5. The second kappa shape index (κ2) is 35.1. The van der Waals surface area contributed by atoms with Gasteiger partial charge in [0, 0.05) is 13.1 Å². The number of ether oxygens (including phenoxy) is 1. The Bertz CT molecular complexity index is 635. The maximum atomic E-state index is 11.7. The van der Waals surface area contributed by atoms with Crippen molar-refractivity contribution in [3.8, 4) is 0 Å². The molecule has 2 rings (SSSR count). The number of Topliss-reactive ketones (excluding diaryl/α,β-unsaturated/α-hetero) is 1. The number of aliphatic hydroxyl groups is 1. The van der Waals surface area contributed by atoms with E-state index in [1.807, 2.05) is 13.8 Å². The Labute approximate surface area is 248 Å². The highest BCUT2D eigenvalue weighted by molar-refractivity contribution is 5.85. The van der Waals surface area contributed by atoms with Gasteiger partial charge in [-0.3, -0.25) is 4.79 Å².